The number of rotatable bonds is 3. The molecule has 0 spiro atoms. The van der Waals surface area contributed by atoms with E-state index in [0.29, 0.717) is 10.8 Å². The normalized spacial score (nSPS) is 11.7. The molecule has 1 rings (SSSR count). The molecule has 0 aliphatic heterocycles. The van der Waals surface area contributed by atoms with Gasteiger partial charge < -0.3 is 10.1 Å². The van der Waals surface area contributed by atoms with Gasteiger partial charge in [0.15, 0.2) is 6.10 Å². The monoisotopic (exact) mass is 242 g/mol. The van der Waals surface area contributed by atoms with Crippen molar-refractivity contribution in [3.05, 3.63) is 23.4 Å². The second-order valence-electron chi connectivity index (χ2n) is 3.10. The first-order valence-corrected chi connectivity index (χ1v) is 4.96. The van der Waals surface area contributed by atoms with Crippen LogP contribution in [-0.4, -0.2) is 23.0 Å². The second-order valence-corrected chi connectivity index (χ2v) is 3.54. The fourth-order valence-corrected chi connectivity index (χ4v) is 1.09. The Morgan fingerprint density at radius 3 is 2.69 bits per heavy atom. The van der Waals surface area contributed by atoms with Crippen LogP contribution in [0.4, 0.5) is 5.82 Å². The Morgan fingerprint density at radius 2 is 2.19 bits per heavy atom. The van der Waals surface area contributed by atoms with E-state index < -0.39 is 18.0 Å². The molecule has 0 fully saturated rings. The summed E-state index contributed by atoms with van der Waals surface area (Å²) in [5, 5.41) is 2.97. The van der Waals surface area contributed by atoms with Crippen LogP contribution in [-0.2, 0) is 14.3 Å². The van der Waals surface area contributed by atoms with E-state index in [0.717, 1.165) is 0 Å². The lowest BCUT2D eigenvalue weighted by atomic mass is 10.3. The number of ether oxygens (including phenoxy) is 1. The second kappa shape index (κ2) is 5.46. The first-order chi connectivity index (χ1) is 7.49. The molecule has 0 saturated carbocycles. The van der Waals surface area contributed by atoms with Crippen LogP contribution in [0.5, 0.6) is 0 Å². The molecule has 1 heterocycles. The molecular weight excluding hydrogens is 232 g/mol. The van der Waals surface area contributed by atoms with Gasteiger partial charge in [0.05, 0.1) is 5.02 Å². The Bertz CT molecular complexity index is 392. The molecular formula is C10H11ClN2O3. The number of nitrogens with one attached hydrogen (secondary N) is 1. The molecule has 1 atom stereocenters. The van der Waals surface area contributed by atoms with Crippen LogP contribution >= 0.6 is 11.6 Å². The van der Waals surface area contributed by atoms with E-state index in [2.05, 4.69) is 10.3 Å². The Balaban J connectivity index is 2.57. The molecule has 0 aliphatic rings. The highest BCUT2D eigenvalue weighted by molar-refractivity contribution is 6.30. The van der Waals surface area contributed by atoms with Gasteiger partial charge in [-0.1, -0.05) is 11.6 Å². The first-order valence-electron chi connectivity index (χ1n) is 4.58. The van der Waals surface area contributed by atoms with Gasteiger partial charge in [0, 0.05) is 13.1 Å². The number of anilines is 1. The third-order valence-electron chi connectivity index (χ3n) is 1.69. The van der Waals surface area contributed by atoms with Gasteiger partial charge in [0.25, 0.3) is 5.91 Å². The van der Waals surface area contributed by atoms with Crippen LogP contribution in [0.1, 0.15) is 13.8 Å². The summed E-state index contributed by atoms with van der Waals surface area (Å²) >= 11 is 5.64. The summed E-state index contributed by atoms with van der Waals surface area (Å²) in [6, 6.07) is 3.15. The van der Waals surface area contributed by atoms with Crippen molar-refractivity contribution in [2.45, 2.75) is 20.0 Å². The molecule has 0 aromatic carbocycles. The third kappa shape index (κ3) is 3.86. The van der Waals surface area contributed by atoms with Gasteiger partial charge in [-0.25, -0.2) is 4.98 Å². The predicted molar refractivity (Wildman–Crippen MR) is 59.1 cm³/mol. The molecule has 86 valence electrons. The number of carbonyl (C=O) groups is 2. The molecule has 5 nitrogen and oxygen atoms in total. The van der Waals surface area contributed by atoms with E-state index >= 15 is 0 Å². The van der Waals surface area contributed by atoms with Crippen LogP contribution in [0.2, 0.25) is 5.02 Å². The number of esters is 1. The lowest BCUT2D eigenvalue weighted by molar-refractivity contribution is -0.150. The van der Waals surface area contributed by atoms with Crippen molar-refractivity contribution in [2.24, 2.45) is 0 Å². The number of hydrogen-bond donors (Lipinski definition) is 1. The van der Waals surface area contributed by atoms with E-state index in [1.807, 2.05) is 0 Å². The zero-order valence-corrected chi connectivity index (χ0v) is 9.62. The number of amides is 1. The topological polar surface area (TPSA) is 68.3 Å². The maximum absolute atomic E-state index is 11.5. The molecule has 1 aromatic rings. The number of hydrogen-bond acceptors (Lipinski definition) is 4. The van der Waals surface area contributed by atoms with Crippen molar-refractivity contribution < 1.29 is 14.3 Å². The smallest absolute Gasteiger partial charge is 0.303 e. The average molecular weight is 243 g/mol. The summed E-state index contributed by atoms with van der Waals surface area (Å²) in [7, 11) is 0. The van der Waals surface area contributed by atoms with Gasteiger partial charge in [-0.05, 0) is 19.1 Å². The van der Waals surface area contributed by atoms with Crippen molar-refractivity contribution >= 4 is 29.3 Å². The predicted octanol–water partition coefficient (Wildman–Crippen LogP) is 1.63. The van der Waals surface area contributed by atoms with Crippen LogP contribution in [0, 0.1) is 0 Å². The zero-order chi connectivity index (χ0) is 12.1. The Labute approximate surface area is 97.8 Å². The average Bonchev–Trinajstić information content (AvgIpc) is 2.20. The van der Waals surface area contributed by atoms with Crippen LogP contribution in [0.15, 0.2) is 18.3 Å². The maximum atomic E-state index is 11.5. The van der Waals surface area contributed by atoms with E-state index in [9.17, 15) is 9.59 Å². The summed E-state index contributed by atoms with van der Waals surface area (Å²) in [6.07, 6.45) is 0.559. The fourth-order valence-electron chi connectivity index (χ4n) is 0.980. The van der Waals surface area contributed by atoms with Gasteiger partial charge in [0.2, 0.25) is 0 Å². The van der Waals surface area contributed by atoms with Crippen molar-refractivity contribution in [1.29, 1.82) is 0 Å². The SMILES string of the molecule is CC(=O)O[C@@H](C)C(=O)Nc1ccc(Cl)cn1. The fraction of sp³-hybridized carbons (Fsp3) is 0.300. The Kier molecular flexibility index (Phi) is 4.25. The number of nitrogens with zero attached hydrogens (tertiary/aromatic N) is 1. The van der Waals surface area contributed by atoms with Crippen LogP contribution < -0.4 is 5.32 Å². The molecule has 0 bridgehead atoms. The molecule has 1 amide bonds. The number of pyridine rings is 1. The molecule has 0 unspecified atom stereocenters. The Hall–Kier alpha value is -1.62. The number of halogens is 1. The van der Waals surface area contributed by atoms with Crippen molar-refractivity contribution in [3.8, 4) is 0 Å². The van der Waals surface area contributed by atoms with Gasteiger partial charge in [-0.2, -0.15) is 0 Å². The molecule has 0 aliphatic carbocycles. The van der Waals surface area contributed by atoms with E-state index in [1.54, 1.807) is 12.1 Å². The van der Waals surface area contributed by atoms with E-state index in [1.165, 1.54) is 20.0 Å². The molecule has 1 N–H and O–H groups in total. The summed E-state index contributed by atoms with van der Waals surface area (Å²) in [4.78, 5) is 26.0. The minimum atomic E-state index is -0.852. The Morgan fingerprint density at radius 1 is 1.50 bits per heavy atom. The van der Waals surface area contributed by atoms with Crippen molar-refractivity contribution in [3.63, 3.8) is 0 Å². The summed E-state index contributed by atoms with van der Waals surface area (Å²) in [5.74, 6) is -0.592. The van der Waals surface area contributed by atoms with Gasteiger partial charge in [-0.15, -0.1) is 0 Å². The quantitative estimate of drug-likeness (QED) is 0.818. The zero-order valence-electron chi connectivity index (χ0n) is 8.86. The number of carbonyl (C=O) groups excluding carboxylic acids is 2. The van der Waals surface area contributed by atoms with Crippen molar-refractivity contribution in [2.75, 3.05) is 5.32 Å². The molecule has 1 aromatic heterocycles. The van der Waals surface area contributed by atoms with Gasteiger partial charge in [-0.3, -0.25) is 9.59 Å². The van der Waals surface area contributed by atoms with Crippen LogP contribution in [0.3, 0.4) is 0 Å². The first kappa shape index (κ1) is 12.4. The van der Waals surface area contributed by atoms with E-state index in [-0.39, 0.29) is 0 Å². The highest BCUT2D eigenvalue weighted by atomic mass is 35.5. The minimum Gasteiger partial charge on any atom is -0.453 e. The largest absolute Gasteiger partial charge is 0.453 e. The van der Waals surface area contributed by atoms with Crippen LogP contribution in [0.25, 0.3) is 0 Å². The van der Waals surface area contributed by atoms with Crippen molar-refractivity contribution in [1.82, 2.24) is 4.98 Å². The number of aromatic nitrogens is 1. The highest BCUT2D eigenvalue weighted by Crippen LogP contribution is 2.10. The minimum absolute atomic E-state index is 0.355. The summed E-state index contributed by atoms with van der Waals surface area (Å²) in [5.41, 5.74) is 0. The standard InChI is InChI=1S/C10H11ClN2O3/c1-6(16-7(2)14)10(15)13-9-4-3-8(11)5-12-9/h3-6H,1-2H3,(H,12,13,15)/t6-/m0/s1. The van der Waals surface area contributed by atoms with E-state index in [4.69, 9.17) is 16.3 Å². The molecule has 16 heavy (non-hydrogen) atoms. The lowest BCUT2D eigenvalue weighted by Gasteiger charge is -2.11. The van der Waals surface area contributed by atoms with Gasteiger partial charge in [0.1, 0.15) is 5.82 Å². The van der Waals surface area contributed by atoms with Gasteiger partial charge >= 0.3 is 5.97 Å². The maximum Gasteiger partial charge on any atom is 0.303 e. The summed E-state index contributed by atoms with van der Waals surface area (Å²) < 4.78 is 4.70. The molecule has 6 heteroatoms. The third-order valence-corrected chi connectivity index (χ3v) is 1.91. The molecule has 0 radical (unpaired) electrons. The summed E-state index contributed by atoms with van der Waals surface area (Å²) in [6.45, 7) is 2.72. The molecule has 0 saturated heterocycles. The lowest BCUT2D eigenvalue weighted by Crippen LogP contribution is -2.29. The highest BCUT2D eigenvalue weighted by Gasteiger charge is 2.15.